The Morgan fingerprint density at radius 1 is 1.13 bits per heavy atom. The van der Waals surface area contributed by atoms with E-state index in [9.17, 15) is 4.79 Å². The van der Waals surface area contributed by atoms with Gasteiger partial charge in [-0.1, -0.05) is 58.4 Å². The van der Waals surface area contributed by atoms with Crippen LogP contribution in [0.1, 0.15) is 90.7 Å². The summed E-state index contributed by atoms with van der Waals surface area (Å²) in [6.45, 7) is 8.79. The number of likely N-dealkylation sites (N-methyl/N-ethyl adjacent to an activating group) is 1. The highest BCUT2D eigenvalue weighted by atomic mass is 32.1. The Balaban J connectivity index is 1.90. The third-order valence-corrected chi connectivity index (χ3v) is 6.49. The Labute approximate surface area is 186 Å². The van der Waals surface area contributed by atoms with Crippen LogP contribution in [0, 0.1) is 0 Å². The minimum atomic E-state index is -0.183. The normalized spacial score (nSPS) is 19.9. The summed E-state index contributed by atoms with van der Waals surface area (Å²) >= 11 is 1.20. The van der Waals surface area contributed by atoms with Crippen LogP contribution < -0.4 is 4.74 Å². The second-order valence-electron chi connectivity index (χ2n) is 8.61. The molecule has 0 amide bonds. The quantitative estimate of drug-likeness (QED) is 0.215. The average Bonchev–Trinajstić information content (AvgIpc) is 3.20. The van der Waals surface area contributed by atoms with Crippen molar-refractivity contribution < 1.29 is 18.8 Å². The second-order valence-corrected chi connectivity index (χ2v) is 9.13. The minimum absolute atomic E-state index is 0.0829. The number of rotatable bonds is 14. The highest BCUT2D eigenvalue weighted by Gasteiger charge is 2.36. The molecule has 1 aliphatic rings. The molecular formula is C23H40N3O3S+. The fraction of sp³-hybridized carbons (Fsp3) is 0.783. The number of carbonyl (C=O) groups excluding carboxylic acids is 1. The van der Waals surface area contributed by atoms with Crippen molar-refractivity contribution in [2.45, 2.75) is 91.2 Å². The molecule has 0 saturated carbocycles. The molecular weight excluding hydrogens is 398 g/mol. The first-order valence-electron chi connectivity index (χ1n) is 11.7. The molecule has 0 fully saturated rings. The lowest BCUT2D eigenvalue weighted by molar-refractivity contribution is -0.944. The molecule has 30 heavy (non-hydrogen) atoms. The Morgan fingerprint density at radius 3 is 2.60 bits per heavy atom. The van der Waals surface area contributed by atoms with Crippen LogP contribution >= 0.6 is 11.7 Å². The van der Waals surface area contributed by atoms with E-state index in [0.717, 1.165) is 50.0 Å². The fourth-order valence-electron chi connectivity index (χ4n) is 3.79. The highest BCUT2D eigenvalue weighted by Crippen LogP contribution is 2.31. The number of aromatic nitrogens is 2. The molecule has 0 spiro atoms. The highest BCUT2D eigenvalue weighted by molar-refractivity contribution is 6.99. The van der Waals surface area contributed by atoms with Crippen LogP contribution in [0.15, 0.2) is 6.08 Å². The van der Waals surface area contributed by atoms with Gasteiger partial charge in [0.15, 0.2) is 0 Å². The summed E-state index contributed by atoms with van der Waals surface area (Å²) < 4.78 is 21.3. The number of quaternary nitrogens is 1. The van der Waals surface area contributed by atoms with Crippen LogP contribution in [0.3, 0.4) is 0 Å². The van der Waals surface area contributed by atoms with Crippen molar-refractivity contribution in [2.75, 3.05) is 26.7 Å². The van der Waals surface area contributed by atoms with Gasteiger partial charge in [-0.3, -0.25) is 9.28 Å². The van der Waals surface area contributed by atoms with E-state index < -0.39 is 0 Å². The van der Waals surface area contributed by atoms with Gasteiger partial charge in [0.05, 0.1) is 31.9 Å². The van der Waals surface area contributed by atoms with Crippen LogP contribution in [-0.2, 0) is 9.53 Å². The van der Waals surface area contributed by atoms with E-state index in [2.05, 4.69) is 35.7 Å². The third kappa shape index (κ3) is 7.65. The Bertz CT molecular complexity index is 676. The van der Waals surface area contributed by atoms with Crippen molar-refractivity contribution in [3.63, 3.8) is 0 Å². The van der Waals surface area contributed by atoms with Crippen molar-refractivity contribution in [2.24, 2.45) is 0 Å². The molecule has 2 atom stereocenters. The van der Waals surface area contributed by atoms with E-state index in [1.165, 1.54) is 43.8 Å². The van der Waals surface area contributed by atoms with Crippen molar-refractivity contribution in [3.05, 3.63) is 11.8 Å². The van der Waals surface area contributed by atoms with E-state index in [1.54, 1.807) is 0 Å². The van der Waals surface area contributed by atoms with Gasteiger partial charge in [-0.25, -0.2) is 0 Å². The van der Waals surface area contributed by atoms with Gasteiger partial charge < -0.3 is 9.47 Å². The van der Waals surface area contributed by atoms with Gasteiger partial charge in [0.25, 0.3) is 5.88 Å². The van der Waals surface area contributed by atoms with E-state index >= 15 is 0 Å². The maximum Gasteiger partial charge on any atom is 0.310 e. The van der Waals surface area contributed by atoms with E-state index in [1.807, 2.05) is 6.92 Å². The number of hydrogen-bond donors (Lipinski definition) is 0. The summed E-state index contributed by atoms with van der Waals surface area (Å²) in [5.74, 6) is 0.567. The van der Waals surface area contributed by atoms with E-state index in [-0.39, 0.29) is 12.2 Å². The lowest BCUT2D eigenvalue weighted by Gasteiger charge is -2.41. The Hall–Kier alpha value is -1.47. The molecule has 0 bridgehead atoms. The van der Waals surface area contributed by atoms with Crippen LogP contribution in [0.5, 0.6) is 5.88 Å². The largest absolute Gasteiger partial charge is 0.475 e. The maximum atomic E-state index is 12.3. The number of esters is 1. The standard InChI is InChI=1S/C23H40N3O3S/c1-5-7-9-11-15-21(27)29-19(3)26(4)16-13-14-20(18-26)22-23(25-30-24-22)28-17-12-10-8-6-2/h14,19H,5-13,15-18H2,1-4H3/q+1/t19-,26?/m0/s1. The summed E-state index contributed by atoms with van der Waals surface area (Å²) in [6, 6.07) is 0. The smallest absolute Gasteiger partial charge is 0.310 e. The summed E-state index contributed by atoms with van der Waals surface area (Å²) in [6.07, 6.45) is 12.5. The van der Waals surface area contributed by atoms with Crippen molar-refractivity contribution in [3.8, 4) is 5.88 Å². The van der Waals surface area contributed by atoms with E-state index in [0.29, 0.717) is 23.4 Å². The van der Waals surface area contributed by atoms with Crippen LogP contribution in [0.2, 0.25) is 0 Å². The SMILES string of the molecule is CCCCCCOc1nsnc1C1=CCC[N+](C)([C@H](C)OC(=O)CCCCCC)C1. The zero-order valence-electron chi connectivity index (χ0n) is 19.3. The molecule has 2 heterocycles. The van der Waals surface area contributed by atoms with Gasteiger partial charge in [0.1, 0.15) is 12.2 Å². The van der Waals surface area contributed by atoms with Crippen molar-refractivity contribution in [1.82, 2.24) is 8.75 Å². The molecule has 1 aliphatic heterocycles. The number of carbonyl (C=O) groups is 1. The van der Waals surface area contributed by atoms with Crippen molar-refractivity contribution in [1.29, 1.82) is 0 Å². The van der Waals surface area contributed by atoms with Crippen LogP contribution in [0.4, 0.5) is 0 Å². The summed E-state index contributed by atoms with van der Waals surface area (Å²) in [5, 5.41) is 0. The van der Waals surface area contributed by atoms with E-state index in [4.69, 9.17) is 9.47 Å². The lowest BCUT2D eigenvalue weighted by atomic mass is 10.0. The van der Waals surface area contributed by atoms with Crippen LogP contribution in [0.25, 0.3) is 5.57 Å². The van der Waals surface area contributed by atoms with Crippen LogP contribution in [-0.4, -0.2) is 52.2 Å². The molecule has 0 aliphatic carbocycles. The van der Waals surface area contributed by atoms with Gasteiger partial charge in [-0.05, 0) is 12.8 Å². The molecule has 7 heteroatoms. The average molecular weight is 439 g/mol. The first-order chi connectivity index (χ1) is 14.5. The molecule has 170 valence electrons. The zero-order valence-corrected chi connectivity index (χ0v) is 20.1. The molecule has 0 N–H and O–H groups in total. The lowest BCUT2D eigenvalue weighted by Crippen LogP contribution is -2.55. The third-order valence-electron chi connectivity index (χ3n) is 5.98. The summed E-state index contributed by atoms with van der Waals surface area (Å²) in [4.78, 5) is 12.3. The van der Waals surface area contributed by atoms with Crippen molar-refractivity contribution >= 4 is 23.3 Å². The number of hydrogen-bond acceptors (Lipinski definition) is 6. The molecule has 0 saturated heterocycles. The summed E-state index contributed by atoms with van der Waals surface area (Å²) in [7, 11) is 2.16. The number of ether oxygens (including phenoxy) is 2. The topological polar surface area (TPSA) is 61.3 Å². The molecule has 2 rings (SSSR count). The molecule has 1 unspecified atom stereocenters. The summed E-state index contributed by atoms with van der Waals surface area (Å²) in [5.41, 5.74) is 2.00. The van der Waals surface area contributed by atoms with Gasteiger partial charge in [-0.15, -0.1) is 4.37 Å². The van der Waals surface area contributed by atoms with Gasteiger partial charge in [-0.2, -0.15) is 4.37 Å². The number of nitrogens with zero attached hydrogens (tertiary/aromatic N) is 3. The van der Waals surface area contributed by atoms with Gasteiger partial charge in [0.2, 0.25) is 6.23 Å². The first kappa shape index (κ1) is 24.8. The molecule has 6 nitrogen and oxygen atoms in total. The fourth-order valence-corrected chi connectivity index (χ4v) is 4.32. The molecule has 0 aromatic carbocycles. The molecule has 1 aromatic rings. The molecule has 1 aromatic heterocycles. The zero-order chi connectivity index (χ0) is 21.8. The van der Waals surface area contributed by atoms with Gasteiger partial charge >= 0.3 is 5.97 Å². The monoisotopic (exact) mass is 438 g/mol. The predicted molar refractivity (Wildman–Crippen MR) is 122 cm³/mol. The number of unbranched alkanes of at least 4 members (excludes halogenated alkanes) is 6. The predicted octanol–water partition coefficient (Wildman–Crippen LogP) is 5.59. The molecule has 0 radical (unpaired) electrons. The minimum Gasteiger partial charge on any atom is -0.475 e. The van der Waals surface area contributed by atoms with Gasteiger partial charge in [0, 0.05) is 25.3 Å². The first-order valence-corrected chi connectivity index (χ1v) is 12.4. The second kappa shape index (κ2) is 13.1. The maximum absolute atomic E-state index is 12.3. The Kier molecular flexibility index (Phi) is 10.8. The Morgan fingerprint density at radius 2 is 1.87 bits per heavy atom.